The standard InChI is InChI=1S/C17H21N3O2/c18-10-13-19(12-9-15-6-2-1-3-7-15)17(22)14-20-11-5-4-8-16(20)21/h1-8,11H,9-10,12-14,18H2. The van der Waals surface area contributed by atoms with Crippen molar-refractivity contribution in [3.8, 4) is 0 Å². The topological polar surface area (TPSA) is 68.3 Å². The molecule has 0 saturated heterocycles. The van der Waals surface area contributed by atoms with E-state index in [0.29, 0.717) is 19.6 Å². The van der Waals surface area contributed by atoms with Gasteiger partial charge >= 0.3 is 0 Å². The van der Waals surface area contributed by atoms with Gasteiger partial charge in [-0.3, -0.25) is 9.59 Å². The van der Waals surface area contributed by atoms with Gasteiger partial charge in [-0.25, -0.2) is 0 Å². The largest absolute Gasteiger partial charge is 0.340 e. The van der Waals surface area contributed by atoms with E-state index in [9.17, 15) is 9.59 Å². The maximum atomic E-state index is 12.4. The molecule has 0 fully saturated rings. The molecule has 5 heteroatoms. The highest BCUT2D eigenvalue weighted by molar-refractivity contribution is 5.76. The van der Waals surface area contributed by atoms with Gasteiger partial charge in [-0.2, -0.15) is 0 Å². The normalized spacial score (nSPS) is 10.4. The van der Waals surface area contributed by atoms with Gasteiger partial charge in [-0.05, 0) is 18.1 Å². The monoisotopic (exact) mass is 299 g/mol. The van der Waals surface area contributed by atoms with E-state index in [1.165, 1.54) is 16.2 Å². The molecule has 1 heterocycles. The van der Waals surface area contributed by atoms with Crippen molar-refractivity contribution in [1.29, 1.82) is 0 Å². The molecule has 1 aromatic carbocycles. The van der Waals surface area contributed by atoms with Crippen LogP contribution in [0.5, 0.6) is 0 Å². The van der Waals surface area contributed by atoms with Crippen molar-refractivity contribution in [3.05, 3.63) is 70.6 Å². The van der Waals surface area contributed by atoms with Crippen LogP contribution >= 0.6 is 0 Å². The number of rotatable bonds is 7. The lowest BCUT2D eigenvalue weighted by atomic mass is 10.1. The molecule has 22 heavy (non-hydrogen) atoms. The average Bonchev–Trinajstić information content (AvgIpc) is 2.54. The lowest BCUT2D eigenvalue weighted by molar-refractivity contribution is -0.131. The van der Waals surface area contributed by atoms with Crippen molar-refractivity contribution in [2.75, 3.05) is 19.6 Å². The van der Waals surface area contributed by atoms with E-state index in [-0.39, 0.29) is 18.0 Å². The summed E-state index contributed by atoms with van der Waals surface area (Å²) in [6.45, 7) is 1.55. The van der Waals surface area contributed by atoms with E-state index < -0.39 is 0 Å². The lowest BCUT2D eigenvalue weighted by Crippen LogP contribution is -2.40. The van der Waals surface area contributed by atoms with Gasteiger partial charge in [-0.1, -0.05) is 36.4 Å². The maximum absolute atomic E-state index is 12.4. The first-order valence-corrected chi connectivity index (χ1v) is 7.38. The smallest absolute Gasteiger partial charge is 0.250 e. The number of carbonyl (C=O) groups excluding carboxylic acids is 1. The summed E-state index contributed by atoms with van der Waals surface area (Å²) in [5.74, 6) is -0.0883. The SMILES string of the molecule is NCCN(CCc1ccccc1)C(=O)Cn1ccccc1=O. The molecule has 0 radical (unpaired) electrons. The number of nitrogens with two attached hydrogens (primary N) is 1. The molecule has 116 valence electrons. The van der Waals surface area contributed by atoms with Crippen LogP contribution in [0.2, 0.25) is 0 Å². The number of nitrogens with zero attached hydrogens (tertiary/aromatic N) is 2. The number of aromatic nitrogens is 1. The first-order chi connectivity index (χ1) is 10.7. The van der Waals surface area contributed by atoms with E-state index in [1.54, 1.807) is 23.2 Å². The minimum atomic E-state index is -0.174. The molecule has 2 rings (SSSR count). The molecule has 5 nitrogen and oxygen atoms in total. The highest BCUT2D eigenvalue weighted by atomic mass is 16.2. The molecular weight excluding hydrogens is 278 g/mol. The van der Waals surface area contributed by atoms with Gasteiger partial charge in [0.05, 0.1) is 0 Å². The minimum absolute atomic E-state index is 0.0501. The van der Waals surface area contributed by atoms with Crippen molar-refractivity contribution in [2.24, 2.45) is 5.73 Å². The van der Waals surface area contributed by atoms with E-state index in [0.717, 1.165) is 6.42 Å². The highest BCUT2D eigenvalue weighted by Gasteiger charge is 2.13. The molecule has 1 amide bonds. The van der Waals surface area contributed by atoms with Crippen LogP contribution < -0.4 is 11.3 Å². The van der Waals surface area contributed by atoms with Crippen LogP contribution in [-0.2, 0) is 17.8 Å². The van der Waals surface area contributed by atoms with Crippen molar-refractivity contribution >= 4 is 5.91 Å². The summed E-state index contributed by atoms with van der Waals surface area (Å²) in [6, 6.07) is 14.8. The number of hydrogen-bond donors (Lipinski definition) is 1. The zero-order valence-electron chi connectivity index (χ0n) is 12.5. The number of amides is 1. The van der Waals surface area contributed by atoms with Gasteiger partial charge in [-0.15, -0.1) is 0 Å². The number of pyridine rings is 1. The minimum Gasteiger partial charge on any atom is -0.340 e. The Bertz CT molecular complexity index is 652. The Hall–Kier alpha value is -2.40. The Morgan fingerprint density at radius 2 is 1.77 bits per heavy atom. The van der Waals surface area contributed by atoms with Crippen LogP contribution in [-0.4, -0.2) is 35.0 Å². The van der Waals surface area contributed by atoms with Crippen molar-refractivity contribution in [2.45, 2.75) is 13.0 Å². The van der Waals surface area contributed by atoms with Crippen molar-refractivity contribution in [1.82, 2.24) is 9.47 Å². The van der Waals surface area contributed by atoms with Gasteiger partial charge < -0.3 is 15.2 Å². The molecule has 0 spiro atoms. The summed E-state index contributed by atoms with van der Waals surface area (Å²) in [5.41, 5.74) is 6.60. The third-order valence-electron chi connectivity index (χ3n) is 3.47. The van der Waals surface area contributed by atoms with Gasteiger partial charge in [0.15, 0.2) is 0 Å². The second-order valence-corrected chi connectivity index (χ2v) is 5.07. The molecule has 0 aliphatic heterocycles. The Labute approximate surface area is 130 Å². The molecule has 2 aromatic rings. The van der Waals surface area contributed by atoms with Gasteiger partial charge in [0.25, 0.3) is 5.56 Å². The zero-order valence-corrected chi connectivity index (χ0v) is 12.5. The summed E-state index contributed by atoms with van der Waals surface area (Å²) in [6.07, 6.45) is 2.40. The second kappa shape index (κ2) is 8.14. The quantitative estimate of drug-likeness (QED) is 0.825. The molecule has 0 saturated carbocycles. The molecule has 0 aliphatic carbocycles. The fourth-order valence-electron chi connectivity index (χ4n) is 2.26. The van der Waals surface area contributed by atoms with Gasteiger partial charge in [0, 0.05) is 31.9 Å². The molecule has 1 aromatic heterocycles. The summed E-state index contributed by atoms with van der Waals surface area (Å²) >= 11 is 0. The van der Waals surface area contributed by atoms with E-state index >= 15 is 0 Å². The van der Waals surface area contributed by atoms with E-state index in [4.69, 9.17) is 5.73 Å². The highest BCUT2D eigenvalue weighted by Crippen LogP contribution is 2.02. The number of benzene rings is 1. The zero-order chi connectivity index (χ0) is 15.8. The van der Waals surface area contributed by atoms with Crippen LogP contribution in [0.25, 0.3) is 0 Å². The molecule has 0 atom stereocenters. The first-order valence-electron chi connectivity index (χ1n) is 7.38. The van der Waals surface area contributed by atoms with Gasteiger partial charge in [0.2, 0.25) is 5.91 Å². The molecule has 0 unspecified atom stereocenters. The Morgan fingerprint density at radius 3 is 2.45 bits per heavy atom. The summed E-state index contributed by atoms with van der Waals surface area (Å²) in [7, 11) is 0. The Kier molecular flexibility index (Phi) is 5.91. The third kappa shape index (κ3) is 4.56. The summed E-state index contributed by atoms with van der Waals surface area (Å²) < 4.78 is 1.41. The van der Waals surface area contributed by atoms with Crippen LogP contribution in [0.3, 0.4) is 0 Å². The van der Waals surface area contributed by atoms with Crippen LogP contribution in [0.1, 0.15) is 5.56 Å². The predicted octanol–water partition coefficient (Wildman–Crippen LogP) is 0.878. The van der Waals surface area contributed by atoms with Gasteiger partial charge in [0.1, 0.15) is 6.54 Å². The summed E-state index contributed by atoms with van der Waals surface area (Å²) in [4.78, 5) is 25.8. The Balaban J connectivity index is 1.99. The summed E-state index contributed by atoms with van der Waals surface area (Å²) in [5, 5.41) is 0. The lowest BCUT2D eigenvalue weighted by Gasteiger charge is -2.22. The fourth-order valence-corrected chi connectivity index (χ4v) is 2.26. The molecular formula is C17H21N3O2. The van der Waals surface area contributed by atoms with E-state index in [2.05, 4.69) is 0 Å². The first kappa shape index (κ1) is 16.0. The van der Waals surface area contributed by atoms with Crippen LogP contribution in [0, 0.1) is 0 Å². The third-order valence-corrected chi connectivity index (χ3v) is 3.47. The fraction of sp³-hybridized carbons (Fsp3) is 0.294. The van der Waals surface area contributed by atoms with Crippen LogP contribution in [0.15, 0.2) is 59.5 Å². The Morgan fingerprint density at radius 1 is 1.05 bits per heavy atom. The second-order valence-electron chi connectivity index (χ2n) is 5.07. The van der Waals surface area contributed by atoms with Crippen molar-refractivity contribution in [3.63, 3.8) is 0 Å². The molecule has 0 bridgehead atoms. The number of hydrogen-bond acceptors (Lipinski definition) is 3. The van der Waals surface area contributed by atoms with Crippen molar-refractivity contribution < 1.29 is 4.79 Å². The maximum Gasteiger partial charge on any atom is 0.250 e. The molecule has 2 N–H and O–H groups in total. The van der Waals surface area contributed by atoms with Crippen LogP contribution in [0.4, 0.5) is 0 Å². The predicted molar refractivity (Wildman–Crippen MR) is 86.5 cm³/mol. The number of carbonyl (C=O) groups is 1. The average molecular weight is 299 g/mol. The molecule has 0 aliphatic rings. The van der Waals surface area contributed by atoms with E-state index in [1.807, 2.05) is 30.3 Å².